The van der Waals surface area contributed by atoms with Crippen LogP contribution in [0, 0.1) is 0 Å². The topological polar surface area (TPSA) is 14.1 Å². The molecule has 0 aromatic carbocycles. The van der Waals surface area contributed by atoms with E-state index in [1.165, 1.54) is 19.3 Å². The Bertz CT molecular complexity index is 62.8. The van der Waals surface area contributed by atoms with Gasteiger partial charge in [0.05, 0.1) is 5.32 Å². The molecule has 0 aromatic rings. The van der Waals surface area contributed by atoms with Crippen LogP contribution < -0.4 is 5.32 Å². The molecule has 2 unspecified atom stereocenters. The molecule has 0 N–H and O–H groups in total. The molecule has 1 aliphatic rings. The first-order valence-corrected chi connectivity index (χ1v) is 3.49. The Morgan fingerprint density at radius 3 is 1.88 bits per heavy atom. The molecule has 0 spiro atoms. The Labute approximate surface area is 51.5 Å². The summed E-state index contributed by atoms with van der Waals surface area (Å²) in [5, 5.41) is 4.48. The van der Waals surface area contributed by atoms with Gasteiger partial charge in [0, 0.05) is 12.8 Å². The average molecular weight is 112 g/mol. The third kappa shape index (κ3) is 1.48. The van der Waals surface area contributed by atoms with Crippen molar-refractivity contribution >= 4 is 0 Å². The van der Waals surface area contributed by atoms with E-state index in [0.717, 1.165) is 0 Å². The molecule has 1 fully saturated rings. The molecule has 0 aliphatic carbocycles. The van der Waals surface area contributed by atoms with E-state index in [-0.39, 0.29) is 0 Å². The van der Waals surface area contributed by atoms with Crippen LogP contribution in [-0.4, -0.2) is 12.1 Å². The lowest BCUT2D eigenvalue weighted by Crippen LogP contribution is -2.31. The fourth-order valence-electron chi connectivity index (χ4n) is 1.29. The van der Waals surface area contributed by atoms with Gasteiger partial charge in [-0.25, -0.2) is 0 Å². The fourth-order valence-corrected chi connectivity index (χ4v) is 1.29. The number of hydrogen-bond acceptors (Lipinski definition) is 0. The van der Waals surface area contributed by atoms with E-state index >= 15 is 0 Å². The minimum Gasteiger partial charge on any atom is -0.0412 e. The highest BCUT2D eigenvalue weighted by Crippen LogP contribution is 2.12. The highest BCUT2D eigenvalue weighted by molar-refractivity contribution is 4.72. The summed E-state index contributed by atoms with van der Waals surface area (Å²) in [4.78, 5) is 0. The van der Waals surface area contributed by atoms with E-state index in [4.69, 9.17) is 0 Å². The van der Waals surface area contributed by atoms with Crippen molar-refractivity contribution in [1.29, 1.82) is 0 Å². The Morgan fingerprint density at radius 2 is 1.62 bits per heavy atom. The summed E-state index contributed by atoms with van der Waals surface area (Å²) in [7, 11) is 0. The summed E-state index contributed by atoms with van der Waals surface area (Å²) in [6.45, 7) is 4.41. The summed E-state index contributed by atoms with van der Waals surface area (Å²) >= 11 is 0. The van der Waals surface area contributed by atoms with Gasteiger partial charge in [0.15, 0.2) is 12.1 Å². The van der Waals surface area contributed by atoms with Crippen molar-refractivity contribution in [2.45, 2.75) is 45.2 Å². The van der Waals surface area contributed by atoms with E-state index in [0.29, 0.717) is 12.1 Å². The molecule has 1 nitrogen and oxygen atoms in total. The number of nitrogens with zero attached hydrogens (tertiary/aromatic N) is 1. The quantitative estimate of drug-likeness (QED) is 0.451. The Morgan fingerprint density at radius 1 is 1.12 bits per heavy atom. The lowest BCUT2D eigenvalue weighted by Gasteiger charge is -2.09. The van der Waals surface area contributed by atoms with Crippen LogP contribution in [-0.2, 0) is 0 Å². The monoisotopic (exact) mass is 112 g/mol. The van der Waals surface area contributed by atoms with E-state index < -0.39 is 0 Å². The van der Waals surface area contributed by atoms with Crippen LogP contribution in [0.15, 0.2) is 0 Å². The largest absolute Gasteiger partial charge is 0.190 e. The second kappa shape index (κ2) is 2.49. The molecule has 0 amide bonds. The predicted octanol–water partition coefficient (Wildman–Crippen LogP) is 1.55. The predicted molar refractivity (Wildman–Crippen MR) is 34.9 cm³/mol. The zero-order chi connectivity index (χ0) is 5.98. The van der Waals surface area contributed by atoms with Gasteiger partial charge in [-0.2, -0.15) is 0 Å². The first-order chi connectivity index (χ1) is 3.79. The lowest BCUT2D eigenvalue weighted by atomic mass is 10.0. The highest BCUT2D eigenvalue weighted by Gasteiger charge is 2.27. The number of rotatable bonds is 0. The van der Waals surface area contributed by atoms with Crippen molar-refractivity contribution < 1.29 is 0 Å². The fraction of sp³-hybridized carbons (Fsp3) is 1.00. The molecule has 8 heavy (non-hydrogen) atoms. The minimum absolute atomic E-state index is 0.638. The Balaban J connectivity index is 2.23. The van der Waals surface area contributed by atoms with Gasteiger partial charge in [0.2, 0.25) is 0 Å². The molecule has 1 saturated heterocycles. The highest BCUT2D eigenvalue weighted by atomic mass is 14.9. The molecule has 2 radical (unpaired) electrons. The standard InChI is InChI=1S/C7H14N/c1-6-4-3-5-7(2)8-6/h6-7H,3-5H2,1-2H3/q+1. The molecule has 1 aliphatic heterocycles. The lowest BCUT2D eigenvalue weighted by molar-refractivity contribution is 0.344. The van der Waals surface area contributed by atoms with Gasteiger partial charge in [-0.15, -0.1) is 0 Å². The van der Waals surface area contributed by atoms with Gasteiger partial charge in [0.1, 0.15) is 0 Å². The van der Waals surface area contributed by atoms with Gasteiger partial charge < -0.3 is 0 Å². The van der Waals surface area contributed by atoms with Crippen LogP contribution in [0.2, 0.25) is 0 Å². The molecule has 1 heteroatoms. The molecule has 1 rings (SSSR count). The minimum atomic E-state index is 0.638. The summed E-state index contributed by atoms with van der Waals surface area (Å²) in [5.74, 6) is 0. The molecule has 0 bridgehead atoms. The molecular weight excluding hydrogens is 98.1 g/mol. The van der Waals surface area contributed by atoms with E-state index in [1.807, 2.05) is 0 Å². The van der Waals surface area contributed by atoms with Crippen LogP contribution in [0.1, 0.15) is 33.1 Å². The maximum atomic E-state index is 4.48. The smallest absolute Gasteiger partial charge is 0.0412 e. The molecule has 1 heterocycles. The van der Waals surface area contributed by atoms with Crippen molar-refractivity contribution in [3.8, 4) is 0 Å². The van der Waals surface area contributed by atoms with Gasteiger partial charge >= 0.3 is 0 Å². The summed E-state index contributed by atoms with van der Waals surface area (Å²) in [6, 6.07) is 1.28. The molecule has 0 saturated carbocycles. The van der Waals surface area contributed by atoms with Crippen molar-refractivity contribution in [3.63, 3.8) is 0 Å². The second-order valence-electron chi connectivity index (χ2n) is 2.78. The maximum absolute atomic E-state index is 4.48. The van der Waals surface area contributed by atoms with Gasteiger partial charge in [0.25, 0.3) is 0 Å². The third-order valence-electron chi connectivity index (χ3n) is 1.75. The van der Waals surface area contributed by atoms with Crippen LogP contribution in [0.4, 0.5) is 0 Å². The van der Waals surface area contributed by atoms with Crippen molar-refractivity contribution in [2.75, 3.05) is 0 Å². The average Bonchev–Trinajstić information content (AvgIpc) is 1.64. The zero-order valence-corrected chi connectivity index (χ0v) is 5.72. The number of hydrogen-bond donors (Lipinski definition) is 0. The van der Waals surface area contributed by atoms with Crippen LogP contribution in [0.3, 0.4) is 0 Å². The summed E-state index contributed by atoms with van der Waals surface area (Å²) < 4.78 is 0. The van der Waals surface area contributed by atoms with Crippen LogP contribution in [0.25, 0.3) is 0 Å². The normalized spacial score (nSPS) is 39.8. The first-order valence-electron chi connectivity index (χ1n) is 3.49. The summed E-state index contributed by atoms with van der Waals surface area (Å²) in [6.07, 6.45) is 4.00. The van der Waals surface area contributed by atoms with Crippen LogP contribution in [0.5, 0.6) is 0 Å². The van der Waals surface area contributed by atoms with E-state index in [1.54, 1.807) is 0 Å². The van der Waals surface area contributed by atoms with Crippen LogP contribution >= 0.6 is 0 Å². The van der Waals surface area contributed by atoms with Gasteiger partial charge in [-0.05, 0) is 20.3 Å². The Kier molecular flexibility index (Phi) is 1.90. The van der Waals surface area contributed by atoms with Crippen molar-refractivity contribution in [2.24, 2.45) is 0 Å². The zero-order valence-electron chi connectivity index (χ0n) is 5.72. The van der Waals surface area contributed by atoms with E-state index in [9.17, 15) is 0 Å². The second-order valence-corrected chi connectivity index (χ2v) is 2.78. The third-order valence-corrected chi connectivity index (χ3v) is 1.75. The van der Waals surface area contributed by atoms with Crippen molar-refractivity contribution in [1.82, 2.24) is 5.32 Å². The van der Waals surface area contributed by atoms with E-state index in [2.05, 4.69) is 19.2 Å². The molecular formula is C7H14N+. The van der Waals surface area contributed by atoms with Crippen molar-refractivity contribution in [3.05, 3.63) is 0 Å². The SMILES string of the molecule is CC1CCCC(C)[N+]1. The summed E-state index contributed by atoms with van der Waals surface area (Å²) in [5.41, 5.74) is 0. The number of piperidine rings is 1. The molecule has 2 atom stereocenters. The van der Waals surface area contributed by atoms with Gasteiger partial charge in [-0.1, -0.05) is 0 Å². The first kappa shape index (κ1) is 6.09. The Hall–Kier alpha value is -0.0400. The molecule has 46 valence electrons. The molecule has 0 aromatic heterocycles. The maximum Gasteiger partial charge on any atom is 0.190 e. The van der Waals surface area contributed by atoms with Gasteiger partial charge in [-0.3, -0.25) is 0 Å².